The molecule has 0 saturated heterocycles. The van der Waals surface area contributed by atoms with Crippen LogP contribution in [0.2, 0.25) is 0 Å². The summed E-state index contributed by atoms with van der Waals surface area (Å²) in [6.07, 6.45) is 8.51. The van der Waals surface area contributed by atoms with Crippen LogP contribution >= 0.6 is 0 Å². The van der Waals surface area contributed by atoms with Crippen molar-refractivity contribution in [1.29, 1.82) is 0 Å². The van der Waals surface area contributed by atoms with Crippen molar-refractivity contribution in [3.05, 3.63) is 12.2 Å². The fourth-order valence-corrected chi connectivity index (χ4v) is 5.55. The molecule has 84 valence electrons. The number of rotatable bonds is 0. The highest BCUT2D eigenvalue weighted by Gasteiger charge is 2.66. The van der Waals surface area contributed by atoms with Crippen molar-refractivity contribution >= 4 is 0 Å². The lowest BCUT2D eigenvalue weighted by Gasteiger charge is -2.63. The number of hydrogen-bond donors (Lipinski definition) is 0. The molecule has 0 unspecified atom stereocenters. The minimum atomic E-state index is 0.560. The van der Waals surface area contributed by atoms with Crippen LogP contribution < -0.4 is 0 Å². The molecule has 0 aromatic carbocycles. The Hall–Kier alpha value is -0.260. The van der Waals surface area contributed by atoms with Gasteiger partial charge in [0.25, 0.3) is 0 Å². The van der Waals surface area contributed by atoms with Gasteiger partial charge in [-0.3, -0.25) is 0 Å². The molecule has 0 amide bonds. The van der Waals surface area contributed by atoms with Gasteiger partial charge in [-0.05, 0) is 54.3 Å². The van der Waals surface area contributed by atoms with Gasteiger partial charge in [0.1, 0.15) is 0 Å². The second-order valence-corrected chi connectivity index (χ2v) is 7.09. The lowest BCUT2D eigenvalue weighted by atomic mass is 9.41. The van der Waals surface area contributed by atoms with Crippen LogP contribution in [0.1, 0.15) is 59.3 Å². The van der Waals surface area contributed by atoms with E-state index in [1.807, 2.05) is 0 Å². The van der Waals surface area contributed by atoms with Crippen molar-refractivity contribution in [2.75, 3.05) is 0 Å². The van der Waals surface area contributed by atoms with Gasteiger partial charge >= 0.3 is 0 Å². The fourth-order valence-electron chi connectivity index (χ4n) is 5.55. The van der Waals surface area contributed by atoms with Crippen LogP contribution in [0, 0.1) is 22.2 Å². The van der Waals surface area contributed by atoms with Crippen LogP contribution in [0.25, 0.3) is 0 Å². The summed E-state index contributed by atoms with van der Waals surface area (Å²) in [5.74, 6) is 0.843. The molecule has 4 bridgehead atoms. The van der Waals surface area contributed by atoms with E-state index in [9.17, 15) is 0 Å². The minimum Gasteiger partial charge on any atom is -0.0995 e. The Kier molecular flexibility index (Phi) is 1.67. The van der Waals surface area contributed by atoms with Crippen LogP contribution in [0.4, 0.5) is 0 Å². The second kappa shape index (κ2) is 2.52. The molecule has 3 aliphatic rings. The third-order valence-corrected chi connectivity index (χ3v) is 6.83. The van der Waals surface area contributed by atoms with E-state index < -0.39 is 0 Å². The normalized spacial score (nSPS) is 58.3. The molecular formula is C15H24. The monoisotopic (exact) mass is 204 g/mol. The predicted octanol–water partition coefficient (Wildman–Crippen LogP) is 4.56. The average Bonchev–Trinajstić information content (AvgIpc) is 2.34. The van der Waals surface area contributed by atoms with Gasteiger partial charge in [0.15, 0.2) is 0 Å². The molecular weight excluding hydrogens is 180 g/mol. The van der Waals surface area contributed by atoms with E-state index in [-0.39, 0.29) is 0 Å². The second-order valence-electron chi connectivity index (χ2n) is 7.09. The molecule has 0 heteroatoms. The molecule has 3 rings (SSSR count). The molecule has 15 heavy (non-hydrogen) atoms. The Labute approximate surface area is 94.1 Å². The molecule has 0 nitrogen and oxygen atoms in total. The Morgan fingerprint density at radius 2 is 1.87 bits per heavy atom. The summed E-state index contributed by atoms with van der Waals surface area (Å²) in [7, 11) is 0. The predicted molar refractivity (Wildman–Crippen MR) is 64.7 cm³/mol. The topological polar surface area (TPSA) is 0 Å². The highest BCUT2D eigenvalue weighted by molar-refractivity contribution is 5.27. The van der Waals surface area contributed by atoms with Gasteiger partial charge in [-0.2, -0.15) is 0 Å². The summed E-state index contributed by atoms with van der Waals surface area (Å²) in [5, 5.41) is 0. The van der Waals surface area contributed by atoms with Crippen molar-refractivity contribution in [2.24, 2.45) is 22.2 Å². The van der Waals surface area contributed by atoms with Crippen molar-refractivity contribution in [1.82, 2.24) is 0 Å². The Morgan fingerprint density at radius 1 is 1.13 bits per heavy atom. The maximum atomic E-state index is 4.40. The van der Waals surface area contributed by atoms with E-state index in [1.165, 1.54) is 38.5 Å². The van der Waals surface area contributed by atoms with E-state index >= 15 is 0 Å². The third kappa shape index (κ3) is 0.867. The largest absolute Gasteiger partial charge is 0.0995 e. The third-order valence-electron chi connectivity index (χ3n) is 6.83. The van der Waals surface area contributed by atoms with Gasteiger partial charge in [-0.25, -0.2) is 0 Å². The molecule has 0 aromatic rings. The van der Waals surface area contributed by atoms with Crippen molar-refractivity contribution < 1.29 is 0 Å². The average molecular weight is 204 g/mol. The van der Waals surface area contributed by atoms with Crippen molar-refractivity contribution in [2.45, 2.75) is 59.3 Å². The van der Waals surface area contributed by atoms with Crippen LogP contribution in [-0.4, -0.2) is 0 Å². The zero-order valence-corrected chi connectivity index (χ0v) is 10.5. The molecule has 4 atom stereocenters. The van der Waals surface area contributed by atoms with E-state index in [4.69, 9.17) is 0 Å². The van der Waals surface area contributed by atoms with Gasteiger partial charge in [0.2, 0.25) is 0 Å². The van der Waals surface area contributed by atoms with Crippen LogP contribution in [0.15, 0.2) is 12.2 Å². The summed E-state index contributed by atoms with van der Waals surface area (Å²) in [4.78, 5) is 0. The zero-order chi connectivity index (χ0) is 10.9. The van der Waals surface area contributed by atoms with Crippen LogP contribution in [-0.2, 0) is 0 Å². The van der Waals surface area contributed by atoms with E-state index in [1.54, 1.807) is 5.57 Å². The number of allylic oxidation sites excluding steroid dienone is 1. The molecule has 0 aromatic heterocycles. The molecule has 3 aliphatic carbocycles. The Morgan fingerprint density at radius 3 is 2.60 bits per heavy atom. The van der Waals surface area contributed by atoms with Crippen LogP contribution in [0.3, 0.4) is 0 Å². The van der Waals surface area contributed by atoms with E-state index in [0.29, 0.717) is 16.2 Å². The van der Waals surface area contributed by atoms with Gasteiger partial charge in [-0.15, -0.1) is 0 Å². The number of hydrogen-bond acceptors (Lipinski definition) is 0. The summed E-state index contributed by atoms with van der Waals surface area (Å²) in [6.45, 7) is 12.1. The first-order valence-corrected chi connectivity index (χ1v) is 6.61. The lowest BCUT2D eigenvalue weighted by Crippen LogP contribution is -2.55. The van der Waals surface area contributed by atoms with E-state index in [2.05, 4.69) is 27.4 Å². The molecule has 3 fully saturated rings. The first-order valence-electron chi connectivity index (χ1n) is 6.61. The maximum Gasteiger partial charge on any atom is -0.0146 e. The summed E-state index contributed by atoms with van der Waals surface area (Å²) in [5.41, 5.74) is 3.32. The highest BCUT2D eigenvalue weighted by Crippen LogP contribution is 2.75. The maximum absolute atomic E-state index is 4.40. The summed E-state index contributed by atoms with van der Waals surface area (Å²) >= 11 is 0. The quantitative estimate of drug-likeness (QED) is 0.507. The smallest absolute Gasteiger partial charge is 0.0146 e. The van der Waals surface area contributed by atoms with Crippen molar-refractivity contribution in [3.8, 4) is 0 Å². The molecule has 3 saturated carbocycles. The summed E-state index contributed by atoms with van der Waals surface area (Å²) in [6, 6.07) is 0. The van der Waals surface area contributed by atoms with Gasteiger partial charge in [-0.1, -0.05) is 39.3 Å². The standard InChI is InChI=1S/C15H24/c1-11-10-13(2)7-5-8-14(3)12(11)6-9-15(13,14)4/h12H,1,5-10H2,2-4H3/t12-,13-,14+,15-/m1/s1. The highest BCUT2D eigenvalue weighted by atomic mass is 14.7. The summed E-state index contributed by atoms with van der Waals surface area (Å²) < 4.78 is 0. The Balaban J connectivity index is 2.19. The lowest BCUT2D eigenvalue weighted by molar-refractivity contribution is -0.111. The minimum absolute atomic E-state index is 0.560. The van der Waals surface area contributed by atoms with Gasteiger partial charge < -0.3 is 0 Å². The van der Waals surface area contributed by atoms with E-state index in [0.717, 1.165) is 5.92 Å². The molecule has 0 radical (unpaired) electrons. The van der Waals surface area contributed by atoms with Crippen molar-refractivity contribution in [3.63, 3.8) is 0 Å². The first-order chi connectivity index (χ1) is 6.93. The first kappa shape index (κ1) is 9.93. The Bertz CT molecular complexity index is 329. The van der Waals surface area contributed by atoms with Crippen LogP contribution in [0.5, 0.6) is 0 Å². The molecule has 0 heterocycles. The molecule has 0 aliphatic heterocycles. The fraction of sp³-hybridized carbons (Fsp3) is 0.867. The zero-order valence-electron chi connectivity index (χ0n) is 10.5. The SMILES string of the molecule is C=C1C[C@@]2(C)CCC[C@@]3(C)[C@@H]1CC[C@]23C. The molecule has 0 spiro atoms. The molecule has 0 N–H and O–H groups in total. The van der Waals surface area contributed by atoms with Gasteiger partial charge in [0, 0.05) is 0 Å². The van der Waals surface area contributed by atoms with Gasteiger partial charge in [0.05, 0.1) is 0 Å².